The molecule has 2 aromatic carbocycles. The maximum atomic E-state index is 13.3. The van der Waals surface area contributed by atoms with Crippen molar-refractivity contribution in [3.8, 4) is 5.69 Å². The Morgan fingerprint density at radius 2 is 1.88 bits per heavy atom. The summed E-state index contributed by atoms with van der Waals surface area (Å²) >= 11 is 0. The topological polar surface area (TPSA) is 59.7 Å². The van der Waals surface area contributed by atoms with E-state index in [9.17, 15) is 13.2 Å². The minimum Gasteiger partial charge on any atom is -0.282 e. The van der Waals surface area contributed by atoms with Crippen LogP contribution >= 0.6 is 0 Å². The van der Waals surface area contributed by atoms with E-state index >= 15 is 0 Å². The second kappa shape index (κ2) is 8.98. The van der Waals surface area contributed by atoms with Crippen molar-refractivity contribution in [3.63, 3.8) is 0 Å². The quantitative estimate of drug-likeness (QED) is 0.379. The second-order valence-electron chi connectivity index (χ2n) is 8.53. The molecular weight excluding hydrogens is 441 g/mol. The van der Waals surface area contributed by atoms with E-state index in [1.165, 1.54) is 12.1 Å². The summed E-state index contributed by atoms with van der Waals surface area (Å²) < 4.78 is 41.8. The van der Waals surface area contributed by atoms with Crippen LogP contribution in [0.1, 0.15) is 47.0 Å². The number of tetrazole rings is 1. The van der Waals surface area contributed by atoms with Crippen LogP contribution in [0.3, 0.4) is 0 Å². The van der Waals surface area contributed by atoms with Crippen LogP contribution in [0.4, 0.5) is 13.2 Å². The number of nitrogens with zero attached hydrogens (tertiary/aromatic N) is 6. The van der Waals surface area contributed by atoms with Crippen molar-refractivity contribution in [2.75, 3.05) is 0 Å². The number of para-hydroxylation sites is 1. The van der Waals surface area contributed by atoms with Gasteiger partial charge in [-0.2, -0.15) is 17.9 Å². The molecule has 1 aliphatic rings. The number of benzene rings is 2. The zero-order valence-corrected chi connectivity index (χ0v) is 18.5. The molecule has 34 heavy (non-hydrogen) atoms. The van der Waals surface area contributed by atoms with Gasteiger partial charge in [0.1, 0.15) is 0 Å². The number of aryl methyl sites for hydroxylation is 1. The Labute approximate surface area is 195 Å². The summed E-state index contributed by atoms with van der Waals surface area (Å²) in [5, 5.41) is 12.6. The van der Waals surface area contributed by atoms with E-state index in [-0.39, 0.29) is 12.1 Å². The highest BCUT2D eigenvalue weighted by Gasteiger charge is 2.39. The van der Waals surface area contributed by atoms with E-state index in [4.69, 9.17) is 0 Å². The molecule has 0 spiro atoms. The summed E-state index contributed by atoms with van der Waals surface area (Å²) in [5.41, 5.74) is 2.68. The molecule has 0 radical (unpaired) electrons. The molecule has 4 aromatic rings. The monoisotopic (exact) mass is 464 g/mol. The summed E-state index contributed by atoms with van der Waals surface area (Å²) in [6.07, 6.45) is 0.990. The van der Waals surface area contributed by atoms with Gasteiger partial charge in [0, 0.05) is 25.0 Å². The third-order valence-corrected chi connectivity index (χ3v) is 6.05. The zero-order valence-electron chi connectivity index (χ0n) is 18.5. The van der Waals surface area contributed by atoms with Gasteiger partial charge in [0.15, 0.2) is 5.82 Å². The number of pyridine rings is 1. The molecule has 0 amide bonds. The van der Waals surface area contributed by atoms with E-state index in [0.29, 0.717) is 17.9 Å². The molecule has 174 valence electrons. The SMILES string of the molecule is Cc1ccccc1-n1nnnc1C(c1cccnc1)N(Cc1cccc(C(F)(F)F)c1)C1CC1. The number of hydrogen-bond donors (Lipinski definition) is 0. The van der Waals surface area contributed by atoms with E-state index in [0.717, 1.165) is 35.7 Å². The van der Waals surface area contributed by atoms with Gasteiger partial charge in [-0.1, -0.05) is 42.5 Å². The van der Waals surface area contributed by atoms with Crippen LogP contribution in [0.15, 0.2) is 73.1 Å². The highest BCUT2D eigenvalue weighted by molar-refractivity contribution is 5.41. The van der Waals surface area contributed by atoms with Crippen molar-refractivity contribution >= 4 is 0 Å². The number of rotatable bonds is 7. The predicted octanol–water partition coefficient (Wildman–Crippen LogP) is 5.14. The van der Waals surface area contributed by atoms with Crippen LogP contribution in [-0.2, 0) is 12.7 Å². The number of alkyl halides is 3. The molecule has 2 heterocycles. The molecular formula is C25H23F3N6. The van der Waals surface area contributed by atoms with Crippen molar-refractivity contribution in [1.82, 2.24) is 30.1 Å². The first-order valence-corrected chi connectivity index (χ1v) is 11.1. The fraction of sp³-hybridized carbons (Fsp3) is 0.280. The Morgan fingerprint density at radius 3 is 2.59 bits per heavy atom. The van der Waals surface area contributed by atoms with Crippen LogP contribution in [0, 0.1) is 6.92 Å². The van der Waals surface area contributed by atoms with Gasteiger partial charge in [-0.3, -0.25) is 9.88 Å². The van der Waals surface area contributed by atoms with Crippen molar-refractivity contribution in [2.45, 2.75) is 44.6 Å². The van der Waals surface area contributed by atoms with Crippen molar-refractivity contribution < 1.29 is 13.2 Å². The largest absolute Gasteiger partial charge is 0.416 e. The molecule has 0 aliphatic heterocycles. The van der Waals surface area contributed by atoms with Crippen LogP contribution in [0.2, 0.25) is 0 Å². The number of halogens is 3. The summed E-state index contributed by atoms with van der Waals surface area (Å²) in [6.45, 7) is 2.32. The number of aromatic nitrogens is 5. The van der Waals surface area contributed by atoms with Gasteiger partial charge in [0.05, 0.1) is 17.3 Å². The molecule has 1 fully saturated rings. The molecule has 1 atom stereocenters. The van der Waals surface area contributed by atoms with Crippen LogP contribution in [0.25, 0.3) is 5.69 Å². The predicted molar refractivity (Wildman–Crippen MR) is 120 cm³/mol. The Hall–Kier alpha value is -3.59. The second-order valence-corrected chi connectivity index (χ2v) is 8.53. The van der Waals surface area contributed by atoms with Crippen LogP contribution < -0.4 is 0 Å². The maximum absolute atomic E-state index is 13.3. The first kappa shape index (κ1) is 22.2. The van der Waals surface area contributed by atoms with E-state index in [2.05, 4.69) is 25.4 Å². The molecule has 1 aliphatic carbocycles. The van der Waals surface area contributed by atoms with Crippen LogP contribution in [-0.4, -0.2) is 36.1 Å². The molecule has 1 unspecified atom stereocenters. The van der Waals surface area contributed by atoms with Crippen molar-refractivity contribution in [1.29, 1.82) is 0 Å². The van der Waals surface area contributed by atoms with Gasteiger partial charge >= 0.3 is 6.18 Å². The standard InChI is InChI=1S/C25H23F3N6/c1-17-6-2-3-10-22(17)34-24(30-31-32-34)23(19-8-5-13-29-15-19)33(21-11-12-21)16-18-7-4-9-20(14-18)25(26,27)28/h2-10,13-15,21,23H,11-12,16H2,1H3. The average Bonchev–Trinajstić information content (AvgIpc) is 3.57. The lowest BCUT2D eigenvalue weighted by Gasteiger charge is -2.31. The van der Waals surface area contributed by atoms with Gasteiger partial charge in [-0.25, -0.2) is 0 Å². The molecule has 5 rings (SSSR count). The molecule has 0 bridgehead atoms. The number of hydrogen-bond acceptors (Lipinski definition) is 5. The molecule has 2 aromatic heterocycles. The fourth-order valence-corrected chi connectivity index (χ4v) is 4.26. The minimum atomic E-state index is -4.39. The first-order chi connectivity index (χ1) is 16.4. The molecule has 0 saturated heterocycles. The van der Waals surface area contributed by atoms with E-state index in [1.807, 2.05) is 43.3 Å². The zero-order chi connectivity index (χ0) is 23.7. The molecule has 1 saturated carbocycles. The van der Waals surface area contributed by atoms with Crippen LogP contribution in [0.5, 0.6) is 0 Å². The summed E-state index contributed by atoms with van der Waals surface area (Å²) in [6, 6.07) is 16.9. The fourth-order valence-electron chi connectivity index (χ4n) is 4.26. The lowest BCUT2D eigenvalue weighted by Crippen LogP contribution is -2.33. The van der Waals surface area contributed by atoms with Gasteiger partial charge in [0.25, 0.3) is 0 Å². The summed E-state index contributed by atoms with van der Waals surface area (Å²) in [4.78, 5) is 6.49. The lowest BCUT2D eigenvalue weighted by molar-refractivity contribution is -0.137. The third-order valence-electron chi connectivity index (χ3n) is 6.05. The van der Waals surface area contributed by atoms with Crippen molar-refractivity contribution in [2.24, 2.45) is 0 Å². The average molecular weight is 464 g/mol. The maximum Gasteiger partial charge on any atom is 0.416 e. The first-order valence-electron chi connectivity index (χ1n) is 11.1. The van der Waals surface area contributed by atoms with Gasteiger partial charge in [-0.05, 0) is 65.1 Å². The third kappa shape index (κ3) is 4.56. The Bertz CT molecular complexity index is 1270. The smallest absolute Gasteiger partial charge is 0.282 e. The highest BCUT2D eigenvalue weighted by atomic mass is 19.4. The van der Waals surface area contributed by atoms with E-state index < -0.39 is 11.7 Å². The van der Waals surface area contributed by atoms with E-state index in [1.54, 1.807) is 23.1 Å². The van der Waals surface area contributed by atoms with Crippen molar-refractivity contribution in [3.05, 3.63) is 101 Å². The van der Waals surface area contributed by atoms with Gasteiger partial charge in [0.2, 0.25) is 0 Å². The minimum absolute atomic E-state index is 0.210. The van der Waals surface area contributed by atoms with Gasteiger partial charge < -0.3 is 0 Å². The Morgan fingerprint density at radius 1 is 1.06 bits per heavy atom. The Kier molecular flexibility index (Phi) is 5.87. The molecule has 0 N–H and O–H groups in total. The lowest BCUT2D eigenvalue weighted by atomic mass is 10.0. The normalized spacial score (nSPS) is 15.0. The summed E-state index contributed by atoms with van der Waals surface area (Å²) in [5.74, 6) is 0.598. The Balaban J connectivity index is 1.60. The molecule has 9 heteroatoms. The summed E-state index contributed by atoms with van der Waals surface area (Å²) in [7, 11) is 0. The highest BCUT2D eigenvalue weighted by Crippen LogP contribution is 2.39. The molecule has 6 nitrogen and oxygen atoms in total. The van der Waals surface area contributed by atoms with Gasteiger partial charge in [-0.15, -0.1) is 5.10 Å².